The molecule has 0 aliphatic heterocycles. The summed E-state index contributed by atoms with van der Waals surface area (Å²) in [6.07, 6.45) is 1.81. The van der Waals surface area contributed by atoms with Crippen molar-refractivity contribution in [3.05, 3.63) is 33.9 Å². The van der Waals surface area contributed by atoms with Gasteiger partial charge in [-0.15, -0.1) is 0 Å². The monoisotopic (exact) mass is 296 g/mol. The lowest BCUT2D eigenvalue weighted by Crippen LogP contribution is -2.10. The van der Waals surface area contributed by atoms with Crippen LogP contribution in [0, 0.1) is 10.1 Å². The van der Waals surface area contributed by atoms with Crippen molar-refractivity contribution in [3.63, 3.8) is 0 Å². The van der Waals surface area contributed by atoms with Gasteiger partial charge in [-0.1, -0.05) is 0 Å². The molecule has 1 aromatic rings. The number of carbonyl (C=O) groups is 1. The zero-order chi connectivity index (χ0) is 15.8. The van der Waals surface area contributed by atoms with Gasteiger partial charge in [-0.3, -0.25) is 10.1 Å². The van der Waals surface area contributed by atoms with E-state index < -0.39 is 10.9 Å². The predicted molar refractivity (Wildman–Crippen MR) is 78.9 cm³/mol. The van der Waals surface area contributed by atoms with E-state index in [1.807, 2.05) is 13.8 Å². The number of hydrogen-bond donors (Lipinski definition) is 2. The third-order valence-corrected chi connectivity index (χ3v) is 2.78. The Hall–Kier alpha value is -2.15. The van der Waals surface area contributed by atoms with Crippen molar-refractivity contribution in [2.75, 3.05) is 18.5 Å². The van der Waals surface area contributed by atoms with Crippen LogP contribution in [-0.4, -0.2) is 35.3 Å². The minimum atomic E-state index is -1.12. The van der Waals surface area contributed by atoms with Gasteiger partial charge in [0.15, 0.2) is 0 Å². The number of rotatable bonds is 9. The number of nitrogens with one attached hydrogen (secondary N) is 1. The third-order valence-electron chi connectivity index (χ3n) is 2.78. The van der Waals surface area contributed by atoms with Crippen molar-refractivity contribution >= 4 is 17.3 Å². The number of non-ortho nitro benzene ring substituents is 1. The highest BCUT2D eigenvalue weighted by molar-refractivity contribution is 5.94. The molecule has 0 aliphatic rings. The largest absolute Gasteiger partial charge is 0.478 e. The molecule has 0 radical (unpaired) electrons. The average Bonchev–Trinajstić information content (AvgIpc) is 2.41. The Morgan fingerprint density at radius 1 is 1.43 bits per heavy atom. The Bertz CT molecular complexity index is 502. The predicted octanol–water partition coefficient (Wildman–Crippen LogP) is 2.91. The van der Waals surface area contributed by atoms with E-state index in [9.17, 15) is 14.9 Å². The number of aromatic carboxylic acids is 1. The molecule has 0 aliphatic carbocycles. The van der Waals surface area contributed by atoms with Crippen molar-refractivity contribution in [3.8, 4) is 0 Å². The summed E-state index contributed by atoms with van der Waals surface area (Å²) in [7, 11) is 0. The van der Waals surface area contributed by atoms with E-state index in [4.69, 9.17) is 9.84 Å². The van der Waals surface area contributed by atoms with Crippen LogP contribution in [0.3, 0.4) is 0 Å². The normalized spacial score (nSPS) is 10.6. The highest BCUT2D eigenvalue weighted by atomic mass is 16.6. The van der Waals surface area contributed by atoms with Crippen molar-refractivity contribution in [1.82, 2.24) is 0 Å². The molecule has 7 nitrogen and oxygen atoms in total. The van der Waals surface area contributed by atoms with Crippen molar-refractivity contribution in [2.45, 2.75) is 32.8 Å². The number of nitro groups is 1. The van der Waals surface area contributed by atoms with E-state index in [0.717, 1.165) is 12.8 Å². The molecule has 0 heterocycles. The molecule has 0 saturated carbocycles. The van der Waals surface area contributed by atoms with E-state index in [1.165, 1.54) is 18.2 Å². The van der Waals surface area contributed by atoms with Gasteiger partial charge in [0.1, 0.15) is 0 Å². The Labute approximate surface area is 123 Å². The van der Waals surface area contributed by atoms with Crippen LogP contribution in [0.15, 0.2) is 18.2 Å². The smallest absolute Gasteiger partial charge is 0.337 e. The molecule has 0 fully saturated rings. The zero-order valence-corrected chi connectivity index (χ0v) is 12.2. The maximum absolute atomic E-state index is 11.1. The van der Waals surface area contributed by atoms with Crippen LogP contribution in [0.5, 0.6) is 0 Å². The van der Waals surface area contributed by atoms with Crippen molar-refractivity contribution < 1.29 is 19.6 Å². The SMILES string of the molecule is CC(C)OCCCCNc1cc([N+](=O)[O-])ccc1C(=O)O. The first-order valence-electron chi connectivity index (χ1n) is 6.79. The van der Waals surface area contributed by atoms with Gasteiger partial charge in [-0.2, -0.15) is 0 Å². The second-order valence-corrected chi connectivity index (χ2v) is 4.85. The Kier molecular flexibility index (Phi) is 6.61. The highest BCUT2D eigenvalue weighted by Gasteiger charge is 2.14. The molecule has 0 aromatic heterocycles. The molecule has 0 saturated heterocycles. The van der Waals surface area contributed by atoms with Gasteiger partial charge in [-0.25, -0.2) is 4.79 Å². The van der Waals surface area contributed by atoms with E-state index in [1.54, 1.807) is 0 Å². The van der Waals surface area contributed by atoms with Crippen LogP contribution in [0.4, 0.5) is 11.4 Å². The molecule has 0 amide bonds. The molecule has 7 heteroatoms. The maximum atomic E-state index is 11.1. The molecule has 0 bridgehead atoms. The van der Waals surface area contributed by atoms with Gasteiger partial charge >= 0.3 is 5.97 Å². The molecule has 1 rings (SSSR count). The van der Waals surface area contributed by atoms with Crippen LogP contribution in [0.25, 0.3) is 0 Å². The summed E-state index contributed by atoms with van der Waals surface area (Å²) >= 11 is 0. The lowest BCUT2D eigenvalue weighted by molar-refractivity contribution is -0.384. The number of benzene rings is 1. The van der Waals surface area contributed by atoms with Gasteiger partial charge in [0.2, 0.25) is 0 Å². The molecule has 116 valence electrons. The fourth-order valence-corrected chi connectivity index (χ4v) is 1.75. The Balaban J connectivity index is 2.57. The Morgan fingerprint density at radius 2 is 2.14 bits per heavy atom. The van der Waals surface area contributed by atoms with Crippen molar-refractivity contribution in [2.24, 2.45) is 0 Å². The molecule has 0 spiro atoms. The number of anilines is 1. The minimum Gasteiger partial charge on any atom is -0.478 e. The average molecular weight is 296 g/mol. The second kappa shape index (κ2) is 8.21. The first-order valence-corrected chi connectivity index (χ1v) is 6.79. The van der Waals surface area contributed by atoms with Crippen LogP contribution in [0.1, 0.15) is 37.0 Å². The number of unbranched alkanes of at least 4 members (excludes halogenated alkanes) is 1. The molecule has 0 atom stereocenters. The molecule has 2 N–H and O–H groups in total. The van der Waals surface area contributed by atoms with Crippen molar-refractivity contribution in [1.29, 1.82) is 0 Å². The number of ether oxygens (including phenoxy) is 1. The number of carboxylic acid groups (broad SMARTS) is 1. The lowest BCUT2D eigenvalue weighted by Gasteiger charge is -2.10. The summed E-state index contributed by atoms with van der Waals surface area (Å²) in [6, 6.07) is 3.67. The zero-order valence-electron chi connectivity index (χ0n) is 12.2. The van der Waals surface area contributed by atoms with Gasteiger partial charge in [0, 0.05) is 25.3 Å². The summed E-state index contributed by atoms with van der Waals surface area (Å²) in [5.41, 5.74) is 0.158. The number of nitrogens with zero attached hydrogens (tertiary/aromatic N) is 1. The molecule has 0 unspecified atom stereocenters. The quantitative estimate of drug-likeness (QED) is 0.412. The lowest BCUT2D eigenvalue weighted by atomic mass is 10.1. The van der Waals surface area contributed by atoms with Gasteiger partial charge < -0.3 is 15.2 Å². The summed E-state index contributed by atoms with van der Waals surface area (Å²) in [4.78, 5) is 21.3. The fraction of sp³-hybridized carbons (Fsp3) is 0.500. The molecule has 1 aromatic carbocycles. The minimum absolute atomic E-state index is 0.0269. The standard InChI is InChI=1S/C14H20N2O5/c1-10(2)21-8-4-3-7-15-13-9-11(16(19)20)5-6-12(13)14(17)18/h5-6,9-10,15H,3-4,7-8H2,1-2H3,(H,17,18). The Morgan fingerprint density at radius 3 is 2.71 bits per heavy atom. The first kappa shape index (κ1) is 16.9. The number of nitro benzene ring substituents is 1. The highest BCUT2D eigenvalue weighted by Crippen LogP contribution is 2.22. The number of hydrogen-bond acceptors (Lipinski definition) is 5. The van der Waals surface area contributed by atoms with E-state index in [2.05, 4.69) is 5.32 Å². The van der Waals surface area contributed by atoms with Gasteiger partial charge in [0.05, 0.1) is 22.3 Å². The molecular weight excluding hydrogens is 276 g/mol. The van der Waals surface area contributed by atoms with Crippen LogP contribution in [0.2, 0.25) is 0 Å². The number of carboxylic acids is 1. The van der Waals surface area contributed by atoms with E-state index in [0.29, 0.717) is 13.2 Å². The van der Waals surface area contributed by atoms with E-state index in [-0.39, 0.29) is 23.0 Å². The fourth-order valence-electron chi connectivity index (χ4n) is 1.75. The van der Waals surface area contributed by atoms with Crippen LogP contribution >= 0.6 is 0 Å². The summed E-state index contributed by atoms with van der Waals surface area (Å²) in [6.45, 7) is 5.09. The second-order valence-electron chi connectivity index (χ2n) is 4.85. The summed E-state index contributed by atoms with van der Waals surface area (Å²) < 4.78 is 5.40. The van der Waals surface area contributed by atoms with Crippen LogP contribution in [-0.2, 0) is 4.74 Å². The topological polar surface area (TPSA) is 102 Å². The van der Waals surface area contributed by atoms with E-state index >= 15 is 0 Å². The maximum Gasteiger partial charge on any atom is 0.337 e. The van der Waals surface area contributed by atoms with Gasteiger partial charge in [-0.05, 0) is 32.8 Å². The summed E-state index contributed by atoms with van der Waals surface area (Å²) in [5, 5.41) is 22.7. The summed E-state index contributed by atoms with van der Waals surface area (Å²) in [5.74, 6) is -1.12. The van der Waals surface area contributed by atoms with Gasteiger partial charge in [0.25, 0.3) is 5.69 Å². The molecule has 21 heavy (non-hydrogen) atoms. The third kappa shape index (κ3) is 5.78. The first-order chi connectivity index (χ1) is 9.91. The van der Waals surface area contributed by atoms with Crippen LogP contribution < -0.4 is 5.32 Å². The molecular formula is C14H20N2O5.